The smallest absolute Gasteiger partial charge is 0.328 e. The van der Waals surface area contributed by atoms with Crippen LogP contribution in [-0.4, -0.2) is 226 Å². The van der Waals surface area contributed by atoms with Crippen LogP contribution in [0.15, 0.2) is 160 Å². The first-order valence-electron chi connectivity index (χ1n) is 43.1. The molecule has 14 heterocycles. The number of aryl methyl sites for hydroxylation is 1. The molecule has 0 spiro atoms. The number of nitrogens with one attached hydrogen (secondary N) is 8. The van der Waals surface area contributed by atoms with E-state index in [1.165, 1.54) is 18.3 Å². The van der Waals surface area contributed by atoms with Crippen molar-refractivity contribution < 1.29 is 38.4 Å². The highest BCUT2D eigenvalue weighted by atomic mass is 32.2. The van der Waals surface area contributed by atoms with E-state index >= 15 is 0 Å². The van der Waals surface area contributed by atoms with Gasteiger partial charge in [-0.05, 0) is 109 Å². The maximum absolute atomic E-state index is 12.7. The number of thiophene rings is 1. The monoisotopic (exact) mass is 1870 g/mol. The van der Waals surface area contributed by atoms with E-state index in [0.29, 0.717) is 164 Å². The first-order chi connectivity index (χ1) is 64.0. The van der Waals surface area contributed by atoms with Crippen LogP contribution in [0.5, 0.6) is 0 Å². The second-order valence-corrected chi connectivity index (χ2v) is 35.7. The number of hydrogen-bond donors (Lipinski definition) is 8. The van der Waals surface area contributed by atoms with Gasteiger partial charge in [-0.25, -0.2) is 39.1 Å². The van der Waals surface area contributed by atoms with Crippen molar-refractivity contribution in [3.8, 4) is 22.4 Å². The van der Waals surface area contributed by atoms with Crippen LogP contribution < -0.4 is 76.1 Å². The number of ketones is 2. The molecular weight excluding hydrogens is 1780 g/mol. The second kappa shape index (κ2) is 45.2. The van der Waals surface area contributed by atoms with E-state index in [2.05, 4.69) is 86.4 Å². The number of thioether (sulfide) groups is 3. The van der Waals surface area contributed by atoms with Gasteiger partial charge >= 0.3 is 22.8 Å². The van der Waals surface area contributed by atoms with Crippen molar-refractivity contribution in [1.82, 2.24) is 104 Å². The number of fused-ring (bicyclic) bond motifs is 5. The third kappa shape index (κ3) is 24.1. The van der Waals surface area contributed by atoms with E-state index in [-0.39, 0.29) is 147 Å². The van der Waals surface area contributed by atoms with Crippen LogP contribution in [-0.2, 0) is 104 Å². The Bertz CT molecular complexity index is 6390. The third-order valence-corrected chi connectivity index (χ3v) is 27.2. The molecule has 6 amide bonds. The number of carbonyl (C=O) groups excluding carboxylic acids is 8. The second-order valence-electron chi connectivity index (χ2n) is 31.5. The van der Waals surface area contributed by atoms with E-state index < -0.39 is 22.8 Å². The van der Waals surface area contributed by atoms with Crippen LogP contribution in [0.25, 0.3) is 32.6 Å². The molecule has 0 atom stereocenters. The van der Waals surface area contributed by atoms with Crippen LogP contribution in [0.1, 0.15) is 110 Å². The molecule has 132 heavy (non-hydrogen) atoms. The van der Waals surface area contributed by atoms with Crippen molar-refractivity contribution in [3.05, 3.63) is 267 Å². The first kappa shape index (κ1) is 94.4. The molecule has 1 aliphatic carbocycles. The van der Waals surface area contributed by atoms with Crippen LogP contribution in [0.2, 0.25) is 0 Å². The minimum atomic E-state index is -0.507. The summed E-state index contributed by atoms with van der Waals surface area (Å²) in [4.78, 5) is 243. The highest BCUT2D eigenvalue weighted by molar-refractivity contribution is 7.99. The lowest BCUT2D eigenvalue weighted by molar-refractivity contribution is -0.133. The number of benzene rings is 2. The number of pyridine rings is 1. The van der Waals surface area contributed by atoms with Gasteiger partial charge in [0.15, 0.2) is 11.6 Å². The molecule has 0 unspecified atom stereocenters. The lowest BCUT2D eigenvalue weighted by atomic mass is 9.97. The Hall–Kier alpha value is -13.7. The average Bonchev–Trinajstić information content (AvgIpc) is 1.01. The minimum absolute atomic E-state index is 0.0322. The number of hydrogen-bond acceptors (Lipinski definition) is 29. The molecule has 2 fully saturated rings. The summed E-state index contributed by atoms with van der Waals surface area (Å²) in [5.74, 6) is 3.72. The first-order valence-corrected chi connectivity index (χ1v) is 47.5. The molecule has 17 rings (SSSR count). The largest absolute Gasteiger partial charge is 0.352 e. The van der Waals surface area contributed by atoms with Crippen molar-refractivity contribution in [1.29, 1.82) is 0 Å². The molecule has 0 bridgehead atoms. The summed E-state index contributed by atoms with van der Waals surface area (Å²) in [7, 11) is 0. The van der Waals surface area contributed by atoms with Gasteiger partial charge in [0, 0.05) is 220 Å². The van der Waals surface area contributed by atoms with Crippen LogP contribution >= 0.6 is 46.6 Å². The number of carbonyl (C=O) groups is 8. The Morgan fingerprint density at radius 1 is 0.402 bits per heavy atom. The molecule has 0 saturated carbocycles. The zero-order valence-corrected chi connectivity index (χ0v) is 75.5. The summed E-state index contributed by atoms with van der Waals surface area (Å²) in [5.41, 5.74) is 8.55. The van der Waals surface area contributed by atoms with Gasteiger partial charge in [-0.2, -0.15) is 35.3 Å². The predicted molar refractivity (Wildman–Crippen MR) is 500 cm³/mol. The third-order valence-electron chi connectivity index (χ3n) is 23.1. The Kier molecular flexibility index (Phi) is 32.4. The van der Waals surface area contributed by atoms with Gasteiger partial charge in [0.1, 0.15) is 12.1 Å². The molecule has 6 aliphatic rings. The lowest BCUT2D eigenvalue weighted by Gasteiger charge is -2.35. The highest BCUT2D eigenvalue weighted by Gasteiger charge is 2.29. The molecular formula is C89H97N23O16S4. The summed E-state index contributed by atoms with van der Waals surface area (Å²) in [5, 5.41) is 12.6. The lowest BCUT2D eigenvalue weighted by Crippen LogP contribution is -2.51. The summed E-state index contributed by atoms with van der Waals surface area (Å²) in [6.45, 7) is 6.95. The number of amides is 6. The van der Waals surface area contributed by atoms with Crippen LogP contribution in [0, 0.1) is 6.92 Å². The van der Waals surface area contributed by atoms with Gasteiger partial charge in [0.2, 0.25) is 41.4 Å². The standard InChI is InChI=1S/C24H24N4O4.C23H27N7O4S2.C22H21N5O4S.C20H25N7O4S/c29-21(18-7-5-16(6-8-18)17-9-12-25-13-10-17)15-26-22(30)11-14-28-20-4-2-1-3-19(20)23(31)27-24(28)32;1-14-11-36-20-19(14)25-13-26-21(20)29-7-5-28(6-8-29)18(32)10-24-17(31)2-4-30-16-3-9-35-12-15(16)22(33)27-23(30)34;28-19(15-3-1-14(2-4-15)17-11-23-7-8-24-17)12-25-20(29)5-9-27-18-6-10-32-13-16(18)21(30)26-22(27)31;28-16(2-6-27-15-3-11-32-13-14(15)18(30)24-20(27)31)23-12-17(29)25-7-9-26(10-8-25)19-21-4-1-5-22-19/h5-10,12-13H,1-4,11,14-15H2,(H,26,30)(H,27,31,32);11,13H,2-10,12H2,1H3,(H,24,31)(H,27,33,34);1-4,7-8,11H,5-6,9-10,12-13H2,(H,25,29)(H,26,30,31);1,4-5H,2-3,6-13H2,(H,23,28)(H,24,30,31). The maximum atomic E-state index is 12.7. The number of H-pyrrole nitrogens is 4. The summed E-state index contributed by atoms with van der Waals surface area (Å²) >= 11 is 6.57. The normalized spacial score (nSPS) is 14.3. The van der Waals surface area contributed by atoms with Crippen LogP contribution in [0.4, 0.5) is 11.8 Å². The van der Waals surface area contributed by atoms with Crippen molar-refractivity contribution in [3.63, 3.8) is 0 Å². The number of anilines is 2. The zero-order chi connectivity index (χ0) is 92.7. The molecule has 11 aromatic rings. The number of nitrogens with zero attached hydrogens (tertiary/aromatic N) is 15. The van der Waals surface area contributed by atoms with Crippen molar-refractivity contribution in [2.45, 2.75) is 121 Å². The Morgan fingerprint density at radius 2 is 0.811 bits per heavy atom. The topological polar surface area (TPSA) is 507 Å². The number of aromatic nitrogens is 15. The summed E-state index contributed by atoms with van der Waals surface area (Å²) in [6, 6.07) is 19.6. The molecule has 2 aromatic carbocycles. The van der Waals surface area contributed by atoms with E-state index in [1.807, 2.05) is 36.1 Å². The van der Waals surface area contributed by atoms with E-state index in [4.69, 9.17) is 0 Å². The fourth-order valence-electron chi connectivity index (χ4n) is 16.0. The highest BCUT2D eigenvalue weighted by Crippen LogP contribution is 2.32. The fourth-order valence-corrected chi connectivity index (χ4v) is 20.0. The molecule has 39 nitrogen and oxygen atoms in total. The number of aromatic amines is 4. The Labute approximate surface area is 769 Å². The van der Waals surface area contributed by atoms with Crippen LogP contribution in [0.3, 0.4) is 0 Å². The Balaban J connectivity index is 0.000000142. The molecule has 5 aliphatic heterocycles. The summed E-state index contributed by atoms with van der Waals surface area (Å²) in [6.07, 6.45) is 18.4. The van der Waals surface area contributed by atoms with E-state index in [0.717, 1.165) is 74.1 Å². The molecule has 688 valence electrons. The van der Waals surface area contributed by atoms with Crippen molar-refractivity contribution in [2.75, 3.05) is 106 Å². The molecule has 9 aromatic heterocycles. The van der Waals surface area contributed by atoms with Gasteiger partial charge in [-0.3, -0.25) is 111 Å². The van der Waals surface area contributed by atoms with Gasteiger partial charge in [0.25, 0.3) is 22.2 Å². The number of rotatable bonds is 26. The molecule has 43 heteroatoms. The maximum Gasteiger partial charge on any atom is 0.328 e. The SMILES string of the molecule is Cc1csc2c(N3CCN(C(=O)CNC(=O)CCn4c5c(c(=O)[nH]c4=O)CSCC5)CC3)ncnc12.O=C(CCn1c2c(c(=O)[nH]c1=O)CCCC2)NCC(=O)c1ccc(-c2ccncc2)cc1.O=C(CCn1c2c(c(=O)[nH]c1=O)CSCC2)NCC(=O)N1CCN(c2ncccn2)CC1.O=C(CCn1c2c(c(=O)[nH]c1=O)CSCC2)NCC(=O)c1ccc(-c2cnccn2)cc1. The van der Waals surface area contributed by atoms with Gasteiger partial charge in [-0.1, -0.05) is 48.5 Å². The van der Waals surface area contributed by atoms with E-state index in [9.17, 15) is 76.7 Å². The van der Waals surface area contributed by atoms with Gasteiger partial charge in [-0.15, -0.1) is 11.3 Å². The fraction of sp³-hybridized carbons (Fsp3) is 0.382. The number of Topliss-reactive ketones (excluding diaryl/α,β-unsaturated/α-hetero) is 2. The molecule has 0 radical (unpaired) electrons. The average molecular weight is 1870 g/mol. The van der Waals surface area contributed by atoms with Crippen molar-refractivity contribution >= 4 is 116 Å². The van der Waals surface area contributed by atoms with Crippen molar-refractivity contribution in [2.24, 2.45) is 0 Å². The number of piperazine rings is 2. The van der Waals surface area contributed by atoms with Gasteiger partial charge < -0.3 is 40.9 Å². The van der Waals surface area contributed by atoms with Gasteiger partial charge in [0.05, 0.1) is 48.3 Å². The molecule has 8 N–H and O–H groups in total. The Morgan fingerprint density at radius 3 is 1.26 bits per heavy atom. The minimum Gasteiger partial charge on any atom is -0.352 e. The van der Waals surface area contributed by atoms with E-state index in [1.54, 1.807) is 149 Å². The quantitative estimate of drug-likeness (QED) is 0.0361. The zero-order valence-electron chi connectivity index (χ0n) is 72.3. The molecule has 2 saturated heterocycles. The summed E-state index contributed by atoms with van der Waals surface area (Å²) < 4.78 is 6.96. The predicted octanol–water partition coefficient (Wildman–Crippen LogP) is 2.50.